The number of alkyl halides is 2. The molecule has 0 aromatic heterocycles. The minimum atomic E-state index is -2.93. The molecule has 8 nitrogen and oxygen atoms in total. The number of nitrogens with one attached hydrogen (secondary N) is 2. The molecule has 0 aliphatic carbocycles. The summed E-state index contributed by atoms with van der Waals surface area (Å²) in [4.78, 5) is 37.7. The standard InChI is InChI=1S/C17H31F2N5O3/c1-17(18,19)11-24(9-12(10-25)22-15(26)8-21-2)7-6-13-4-5-14(16(20)27)23(13)3/h10,12-14,21H,4-9,11H2,1-3H3,(H2,20,27)(H,22,26). The lowest BCUT2D eigenvalue weighted by Gasteiger charge is -2.30. The summed E-state index contributed by atoms with van der Waals surface area (Å²) >= 11 is 0. The second-order valence-electron chi connectivity index (χ2n) is 7.25. The van der Waals surface area contributed by atoms with Gasteiger partial charge in [-0.1, -0.05) is 0 Å². The predicted molar refractivity (Wildman–Crippen MR) is 97.4 cm³/mol. The number of amides is 2. The van der Waals surface area contributed by atoms with E-state index in [0.717, 1.165) is 13.3 Å². The van der Waals surface area contributed by atoms with E-state index in [-0.39, 0.29) is 37.0 Å². The van der Waals surface area contributed by atoms with Crippen LogP contribution in [0.3, 0.4) is 0 Å². The summed E-state index contributed by atoms with van der Waals surface area (Å²) in [5, 5.41) is 5.18. The number of carbonyl (C=O) groups is 3. The van der Waals surface area contributed by atoms with Gasteiger partial charge in [0.05, 0.1) is 25.2 Å². The minimum absolute atomic E-state index is 0.00192. The van der Waals surface area contributed by atoms with E-state index in [1.165, 1.54) is 4.90 Å². The number of aldehydes is 1. The van der Waals surface area contributed by atoms with Gasteiger partial charge in [0, 0.05) is 19.5 Å². The highest BCUT2D eigenvalue weighted by Gasteiger charge is 2.34. The van der Waals surface area contributed by atoms with E-state index in [2.05, 4.69) is 10.6 Å². The van der Waals surface area contributed by atoms with Crippen molar-refractivity contribution in [3.63, 3.8) is 0 Å². The molecular formula is C17H31F2N5O3. The van der Waals surface area contributed by atoms with Gasteiger partial charge < -0.3 is 21.2 Å². The highest BCUT2D eigenvalue weighted by Crippen LogP contribution is 2.25. The molecule has 0 radical (unpaired) electrons. The number of nitrogens with zero attached hydrogens (tertiary/aromatic N) is 2. The number of rotatable bonds is 12. The third kappa shape index (κ3) is 8.27. The quantitative estimate of drug-likeness (QED) is 0.376. The molecule has 0 aromatic carbocycles. The van der Waals surface area contributed by atoms with Crippen LogP contribution in [-0.2, 0) is 14.4 Å². The summed E-state index contributed by atoms with van der Waals surface area (Å²) in [6, 6.07) is -1.14. The highest BCUT2D eigenvalue weighted by atomic mass is 19.3. The molecular weight excluding hydrogens is 360 g/mol. The van der Waals surface area contributed by atoms with Crippen molar-refractivity contribution in [3.8, 4) is 0 Å². The van der Waals surface area contributed by atoms with Crippen molar-refractivity contribution < 1.29 is 23.2 Å². The molecule has 2 amide bonds. The molecule has 3 atom stereocenters. The molecule has 156 valence electrons. The monoisotopic (exact) mass is 391 g/mol. The smallest absolute Gasteiger partial charge is 0.257 e. The molecule has 0 saturated carbocycles. The van der Waals surface area contributed by atoms with Crippen LogP contribution in [0.5, 0.6) is 0 Å². The number of likely N-dealkylation sites (tertiary alicyclic amines) is 1. The first-order valence-electron chi connectivity index (χ1n) is 9.08. The van der Waals surface area contributed by atoms with Crippen LogP contribution in [0.2, 0.25) is 0 Å². The molecule has 0 aromatic rings. The zero-order valence-corrected chi connectivity index (χ0v) is 16.2. The third-order valence-electron chi connectivity index (χ3n) is 4.75. The number of halogens is 2. The van der Waals surface area contributed by atoms with E-state index in [4.69, 9.17) is 5.73 Å². The van der Waals surface area contributed by atoms with Crippen LogP contribution in [0.1, 0.15) is 26.2 Å². The maximum atomic E-state index is 13.6. The molecule has 10 heteroatoms. The lowest BCUT2D eigenvalue weighted by molar-refractivity contribution is -0.123. The number of hydrogen-bond donors (Lipinski definition) is 3. The van der Waals surface area contributed by atoms with Gasteiger partial charge in [0.1, 0.15) is 6.29 Å². The van der Waals surface area contributed by atoms with E-state index in [1.54, 1.807) is 14.1 Å². The van der Waals surface area contributed by atoms with Gasteiger partial charge in [-0.2, -0.15) is 0 Å². The summed E-state index contributed by atoms with van der Waals surface area (Å²) in [6.07, 6.45) is 2.53. The number of carbonyl (C=O) groups excluding carboxylic acids is 3. The maximum absolute atomic E-state index is 13.6. The zero-order chi connectivity index (χ0) is 20.6. The fourth-order valence-electron chi connectivity index (χ4n) is 3.48. The van der Waals surface area contributed by atoms with Crippen molar-refractivity contribution in [2.75, 3.05) is 40.3 Å². The summed E-state index contributed by atoms with van der Waals surface area (Å²) in [5.41, 5.74) is 5.37. The van der Waals surface area contributed by atoms with Crippen molar-refractivity contribution in [2.45, 2.75) is 50.2 Å². The summed E-state index contributed by atoms with van der Waals surface area (Å²) in [7, 11) is 3.40. The van der Waals surface area contributed by atoms with Gasteiger partial charge in [0.15, 0.2) is 0 Å². The van der Waals surface area contributed by atoms with Crippen LogP contribution >= 0.6 is 0 Å². The lowest BCUT2D eigenvalue weighted by Crippen LogP contribution is -2.50. The Labute approximate surface area is 158 Å². The largest absolute Gasteiger partial charge is 0.368 e. The Balaban J connectivity index is 2.67. The van der Waals surface area contributed by atoms with Crippen LogP contribution in [-0.4, -0.2) is 92.2 Å². The Hall–Kier alpha value is -1.65. The molecule has 1 rings (SSSR count). The first-order valence-corrected chi connectivity index (χ1v) is 9.08. The van der Waals surface area contributed by atoms with Crippen LogP contribution < -0.4 is 16.4 Å². The van der Waals surface area contributed by atoms with Gasteiger partial charge in [-0.3, -0.25) is 19.4 Å². The Morgan fingerprint density at radius 2 is 2.07 bits per heavy atom. The predicted octanol–water partition coefficient (Wildman–Crippen LogP) is -0.815. The molecule has 0 bridgehead atoms. The van der Waals surface area contributed by atoms with E-state index in [9.17, 15) is 23.2 Å². The lowest BCUT2D eigenvalue weighted by atomic mass is 10.1. The molecule has 1 heterocycles. The molecule has 1 aliphatic rings. The van der Waals surface area contributed by atoms with E-state index < -0.39 is 18.5 Å². The van der Waals surface area contributed by atoms with Crippen LogP contribution in [0.15, 0.2) is 0 Å². The molecule has 1 aliphatic heterocycles. The fraction of sp³-hybridized carbons (Fsp3) is 0.824. The van der Waals surface area contributed by atoms with E-state index >= 15 is 0 Å². The van der Waals surface area contributed by atoms with Gasteiger partial charge in [-0.25, -0.2) is 8.78 Å². The third-order valence-corrected chi connectivity index (χ3v) is 4.75. The number of nitrogens with two attached hydrogens (primary N) is 1. The van der Waals surface area contributed by atoms with Crippen molar-refractivity contribution in [1.29, 1.82) is 0 Å². The average Bonchev–Trinajstić information content (AvgIpc) is 2.91. The second-order valence-corrected chi connectivity index (χ2v) is 7.25. The van der Waals surface area contributed by atoms with Gasteiger partial charge >= 0.3 is 0 Å². The SMILES string of the molecule is CNCC(=O)NC(C=O)CN(CCC1CCC(C(N)=O)N1C)CC(C)(F)F. The number of primary amides is 1. The molecule has 0 spiro atoms. The first-order chi connectivity index (χ1) is 12.6. The Morgan fingerprint density at radius 3 is 2.56 bits per heavy atom. The second kappa shape index (κ2) is 10.6. The van der Waals surface area contributed by atoms with Gasteiger partial charge in [-0.15, -0.1) is 0 Å². The first kappa shape index (κ1) is 23.4. The van der Waals surface area contributed by atoms with Gasteiger partial charge in [0.25, 0.3) is 5.92 Å². The normalized spacial score (nSPS) is 22.0. The van der Waals surface area contributed by atoms with E-state index in [0.29, 0.717) is 25.7 Å². The molecule has 27 heavy (non-hydrogen) atoms. The Bertz CT molecular complexity index is 515. The molecule has 4 N–H and O–H groups in total. The summed E-state index contributed by atoms with van der Waals surface area (Å²) in [5.74, 6) is -3.69. The van der Waals surface area contributed by atoms with Crippen LogP contribution in [0.4, 0.5) is 8.78 Å². The molecule has 3 unspecified atom stereocenters. The van der Waals surface area contributed by atoms with Crippen LogP contribution in [0, 0.1) is 0 Å². The topological polar surface area (TPSA) is 108 Å². The average molecular weight is 391 g/mol. The van der Waals surface area contributed by atoms with Crippen molar-refractivity contribution in [3.05, 3.63) is 0 Å². The van der Waals surface area contributed by atoms with Gasteiger partial charge in [-0.05, 0) is 39.9 Å². The zero-order valence-electron chi connectivity index (χ0n) is 16.2. The van der Waals surface area contributed by atoms with Gasteiger partial charge in [0.2, 0.25) is 11.8 Å². The van der Waals surface area contributed by atoms with Crippen molar-refractivity contribution in [1.82, 2.24) is 20.4 Å². The summed E-state index contributed by atoms with van der Waals surface area (Å²) in [6.45, 7) is 0.652. The fourth-order valence-corrected chi connectivity index (χ4v) is 3.48. The Kier molecular flexibility index (Phi) is 9.20. The number of hydrogen-bond acceptors (Lipinski definition) is 6. The molecule has 1 fully saturated rings. The molecule has 1 saturated heterocycles. The number of likely N-dealkylation sites (N-methyl/N-ethyl adjacent to an activating group) is 2. The maximum Gasteiger partial charge on any atom is 0.257 e. The van der Waals surface area contributed by atoms with E-state index in [1.807, 2.05) is 4.90 Å². The van der Waals surface area contributed by atoms with Crippen molar-refractivity contribution >= 4 is 18.1 Å². The minimum Gasteiger partial charge on any atom is -0.368 e. The highest BCUT2D eigenvalue weighted by molar-refractivity contribution is 5.81. The summed E-state index contributed by atoms with van der Waals surface area (Å²) < 4.78 is 27.1. The Morgan fingerprint density at radius 1 is 1.41 bits per heavy atom. The van der Waals surface area contributed by atoms with Crippen molar-refractivity contribution in [2.24, 2.45) is 5.73 Å². The van der Waals surface area contributed by atoms with Crippen LogP contribution in [0.25, 0.3) is 0 Å².